The number of nitrogens with zero attached hydrogens (tertiary/aromatic N) is 1. The summed E-state index contributed by atoms with van der Waals surface area (Å²) in [6.07, 6.45) is 0. The molecule has 1 heterocycles. The number of carbonyl (C=O) groups excluding carboxylic acids is 2. The molecule has 1 saturated heterocycles. The lowest BCUT2D eigenvalue weighted by Gasteiger charge is -2.24. The number of nitrogens with one attached hydrogen (secondary N) is 1. The van der Waals surface area contributed by atoms with Crippen molar-refractivity contribution in [1.82, 2.24) is 4.90 Å². The van der Waals surface area contributed by atoms with Gasteiger partial charge in [0.25, 0.3) is 5.91 Å². The monoisotopic (exact) mass is 432 g/mol. The van der Waals surface area contributed by atoms with E-state index in [1.165, 1.54) is 0 Å². The molecule has 5 nitrogen and oxygen atoms in total. The van der Waals surface area contributed by atoms with Crippen LogP contribution in [0.4, 0.5) is 5.69 Å². The molecule has 31 heavy (non-hydrogen) atoms. The van der Waals surface area contributed by atoms with Crippen molar-refractivity contribution < 1.29 is 14.3 Å². The number of anilines is 1. The van der Waals surface area contributed by atoms with E-state index in [-0.39, 0.29) is 17.2 Å². The van der Waals surface area contributed by atoms with E-state index >= 15 is 0 Å². The van der Waals surface area contributed by atoms with Gasteiger partial charge in [0.15, 0.2) is 0 Å². The van der Waals surface area contributed by atoms with Gasteiger partial charge in [-0.3, -0.25) is 9.59 Å². The maximum Gasteiger partial charge on any atom is 0.255 e. The molecule has 158 valence electrons. The van der Waals surface area contributed by atoms with Crippen LogP contribution in [0.15, 0.2) is 78.9 Å². The molecule has 0 bridgehead atoms. The molecule has 1 fully saturated rings. The summed E-state index contributed by atoms with van der Waals surface area (Å²) >= 11 is 1.61. The van der Waals surface area contributed by atoms with Gasteiger partial charge in [0.05, 0.1) is 18.0 Å². The highest BCUT2D eigenvalue weighted by molar-refractivity contribution is 8.00. The van der Waals surface area contributed by atoms with Crippen molar-refractivity contribution in [2.24, 2.45) is 0 Å². The van der Waals surface area contributed by atoms with Gasteiger partial charge >= 0.3 is 0 Å². The van der Waals surface area contributed by atoms with Gasteiger partial charge in [-0.15, -0.1) is 11.8 Å². The third-order valence-corrected chi connectivity index (χ3v) is 6.31. The van der Waals surface area contributed by atoms with Crippen LogP contribution in [-0.2, 0) is 11.3 Å². The third kappa shape index (κ3) is 4.91. The quantitative estimate of drug-likeness (QED) is 0.564. The second-order valence-corrected chi connectivity index (χ2v) is 8.24. The molecule has 3 aromatic carbocycles. The molecule has 1 N–H and O–H groups in total. The SMILES string of the molecule is CCOc1ccccc1NC(=O)c1ccc([C@H]2SCC(=O)N2Cc2ccccc2)cc1. The van der Waals surface area contributed by atoms with E-state index in [0.29, 0.717) is 35.9 Å². The number of ether oxygens (including phenoxy) is 1. The highest BCUT2D eigenvalue weighted by Gasteiger charge is 2.32. The first kappa shape index (κ1) is 21.0. The molecule has 0 aliphatic carbocycles. The molecule has 0 radical (unpaired) electrons. The molecule has 0 aromatic heterocycles. The number of para-hydroxylation sites is 2. The van der Waals surface area contributed by atoms with E-state index in [2.05, 4.69) is 5.32 Å². The summed E-state index contributed by atoms with van der Waals surface area (Å²) in [5.74, 6) is 1.05. The van der Waals surface area contributed by atoms with E-state index in [1.807, 2.05) is 78.6 Å². The highest BCUT2D eigenvalue weighted by Crippen LogP contribution is 2.39. The average Bonchev–Trinajstić information content (AvgIpc) is 3.16. The van der Waals surface area contributed by atoms with Crippen molar-refractivity contribution in [3.05, 3.63) is 95.6 Å². The lowest BCUT2D eigenvalue weighted by atomic mass is 10.1. The topological polar surface area (TPSA) is 58.6 Å². The summed E-state index contributed by atoms with van der Waals surface area (Å²) in [5, 5.41) is 2.86. The third-order valence-electron chi connectivity index (χ3n) is 5.06. The van der Waals surface area contributed by atoms with Crippen molar-refractivity contribution in [3.63, 3.8) is 0 Å². The fourth-order valence-electron chi connectivity index (χ4n) is 3.53. The largest absolute Gasteiger partial charge is 0.492 e. The van der Waals surface area contributed by atoms with E-state index in [9.17, 15) is 9.59 Å². The number of rotatable bonds is 7. The number of amides is 2. The average molecular weight is 433 g/mol. The number of hydrogen-bond acceptors (Lipinski definition) is 4. The zero-order valence-electron chi connectivity index (χ0n) is 17.3. The Labute approximate surface area is 186 Å². The molecule has 0 unspecified atom stereocenters. The second-order valence-electron chi connectivity index (χ2n) is 7.18. The van der Waals surface area contributed by atoms with Crippen molar-refractivity contribution >= 4 is 29.3 Å². The Bertz CT molecular complexity index is 1050. The Kier molecular flexibility index (Phi) is 6.57. The zero-order valence-corrected chi connectivity index (χ0v) is 18.1. The summed E-state index contributed by atoms with van der Waals surface area (Å²) in [7, 11) is 0. The van der Waals surface area contributed by atoms with Crippen LogP contribution >= 0.6 is 11.8 Å². The van der Waals surface area contributed by atoms with Gasteiger partial charge in [-0.05, 0) is 42.3 Å². The fraction of sp³-hybridized carbons (Fsp3) is 0.200. The normalized spacial score (nSPS) is 15.7. The number of carbonyl (C=O) groups is 2. The van der Waals surface area contributed by atoms with Crippen molar-refractivity contribution in [3.8, 4) is 5.75 Å². The van der Waals surface area contributed by atoms with Gasteiger partial charge in [0, 0.05) is 12.1 Å². The predicted octanol–water partition coefficient (Wildman–Crippen LogP) is 5.11. The molecule has 3 aromatic rings. The maximum atomic E-state index is 12.7. The minimum Gasteiger partial charge on any atom is -0.492 e. The molecule has 0 spiro atoms. The zero-order chi connectivity index (χ0) is 21.6. The van der Waals surface area contributed by atoms with Crippen LogP contribution in [0, 0.1) is 0 Å². The Hall–Kier alpha value is -3.25. The van der Waals surface area contributed by atoms with Crippen LogP contribution in [0.3, 0.4) is 0 Å². The Morgan fingerprint density at radius 3 is 2.48 bits per heavy atom. The Morgan fingerprint density at radius 2 is 1.74 bits per heavy atom. The molecule has 1 aliphatic heterocycles. The summed E-state index contributed by atoms with van der Waals surface area (Å²) < 4.78 is 5.58. The van der Waals surface area contributed by atoms with Gasteiger partial charge in [-0.1, -0.05) is 54.6 Å². The van der Waals surface area contributed by atoms with E-state index in [0.717, 1.165) is 11.1 Å². The predicted molar refractivity (Wildman–Crippen MR) is 124 cm³/mol. The molecular formula is C25H24N2O3S. The molecule has 0 saturated carbocycles. The first-order chi connectivity index (χ1) is 15.2. The van der Waals surface area contributed by atoms with Crippen molar-refractivity contribution in [1.29, 1.82) is 0 Å². The molecular weight excluding hydrogens is 408 g/mol. The minimum atomic E-state index is -0.199. The van der Waals surface area contributed by atoms with Crippen molar-refractivity contribution in [2.75, 3.05) is 17.7 Å². The van der Waals surface area contributed by atoms with Crippen LogP contribution < -0.4 is 10.1 Å². The smallest absolute Gasteiger partial charge is 0.255 e. The van der Waals surface area contributed by atoms with Gasteiger partial charge in [-0.25, -0.2) is 0 Å². The summed E-state index contributed by atoms with van der Waals surface area (Å²) in [6.45, 7) is 3.01. The summed E-state index contributed by atoms with van der Waals surface area (Å²) in [5.41, 5.74) is 3.31. The van der Waals surface area contributed by atoms with Crippen LogP contribution in [0.2, 0.25) is 0 Å². The van der Waals surface area contributed by atoms with Gasteiger partial charge in [-0.2, -0.15) is 0 Å². The number of thioether (sulfide) groups is 1. The standard InChI is InChI=1S/C25H24N2O3S/c1-2-30-22-11-7-6-10-21(22)26-24(29)19-12-14-20(15-13-19)25-27(23(28)17-31-25)16-18-8-4-3-5-9-18/h3-15,25H,2,16-17H2,1H3,(H,26,29)/t25-/m1/s1. The summed E-state index contributed by atoms with van der Waals surface area (Å²) in [6, 6.07) is 24.8. The molecule has 1 atom stereocenters. The molecule has 4 rings (SSSR count). The van der Waals surface area contributed by atoms with Crippen LogP contribution in [0.5, 0.6) is 5.75 Å². The van der Waals surface area contributed by atoms with Crippen LogP contribution in [0.25, 0.3) is 0 Å². The fourth-order valence-corrected chi connectivity index (χ4v) is 4.71. The van der Waals surface area contributed by atoms with Crippen molar-refractivity contribution in [2.45, 2.75) is 18.8 Å². The maximum absolute atomic E-state index is 12.7. The second kappa shape index (κ2) is 9.71. The highest BCUT2D eigenvalue weighted by atomic mass is 32.2. The first-order valence-electron chi connectivity index (χ1n) is 10.2. The number of hydrogen-bond donors (Lipinski definition) is 1. The molecule has 2 amide bonds. The van der Waals surface area contributed by atoms with E-state index in [4.69, 9.17) is 4.74 Å². The molecule has 6 heteroatoms. The first-order valence-corrected chi connectivity index (χ1v) is 11.3. The van der Waals surface area contributed by atoms with Crippen LogP contribution in [0.1, 0.15) is 33.8 Å². The lowest BCUT2D eigenvalue weighted by Crippen LogP contribution is -2.27. The summed E-state index contributed by atoms with van der Waals surface area (Å²) in [4.78, 5) is 27.1. The van der Waals surface area contributed by atoms with E-state index in [1.54, 1.807) is 23.9 Å². The van der Waals surface area contributed by atoms with E-state index < -0.39 is 0 Å². The Balaban J connectivity index is 1.47. The molecule has 1 aliphatic rings. The van der Waals surface area contributed by atoms with Gasteiger partial charge < -0.3 is 15.0 Å². The van der Waals surface area contributed by atoms with Gasteiger partial charge in [0.2, 0.25) is 5.91 Å². The van der Waals surface area contributed by atoms with Gasteiger partial charge in [0.1, 0.15) is 11.1 Å². The minimum absolute atomic E-state index is 0.0523. The van der Waals surface area contributed by atoms with Crippen LogP contribution in [-0.4, -0.2) is 29.1 Å². The lowest BCUT2D eigenvalue weighted by molar-refractivity contribution is -0.128. The number of benzene rings is 3. The Morgan fingerprint density at radius 1 is 1.03 bits per heavy atom.